The minimum absolute atomic E-state index is 0.852. The van der Waals surface area contributed by atoms with E-state index in [9.17, 15) is 0 Å². The first kappa shape index (κ1) is 5.41. The fourth-order valence-electron chi connectivity index (χ4n) is 0.947. The lowest BCUT2D eigenvalue weighted by Crippen LogP contribution is -1.77. The fraction of sp³-hybridized carbons (Fsp3) is 0.143. The van der Waals surface area contributed by atoms with Crippen LogP contribution in [0.5, 0.6) is 0 Å². The lowest BCUT2D eigenvalue weighted by molar-refractivity contribution is 1.10. The van der Waals surface area contributed by atoms with Crippen molar-refractivity contribution < 1.29 is 0 Å². The second kappa shape index (κ2) is 1.80. The van der Waals surface area contributed by atoms with Crippen LogP contribution in [0, 0.1) is 6.92 Å². The molecular formula is C7H7N3. The number of hydrogen-bond donors (Lipinski definition) is 1. The molecule has 1 N–H and O–H groups in total. The van der Waals surface area contributed by atoms with Crippen molar-refractivity contribution in [3.05, 3.63) is 24.0 Å². The molecule has 2 aromatic heterocycles. The number of aromatic nitrogens is 3. The average Bonchev–Trinajstić information content (AvgIpc) is 2.33. The standard InChI is InChI=1S/C7H7N3/c1-5-2-6-4-9-10-7(6)8-3-5/h2-4H,1H3,(H,8,9,10). The lowest BCUT2D eigenvalue weighted by Gasteiger charge is -1.88. The van der Waals surface area contributed by atoms with Gasteiger partial charge in [0.1, 0.15) is 0 Å². The van der Waals surface area contributed by atoms with E-state index in [1.807, 2.05) is 19.2 Å². The molecule has 50 valence electrons. The summed E-state index contributed by atoms with van der Waals surface area (Å²) < 4.78 is 0. The number of H-pyrrole nitrogens is 1. The molecule has 0 atom stereocenters. The summed E-state index contributed by atoms with van der Waals surface area (Å²) in [7, 11) is 0. The van der Waals surface area contributed by atoms with Crippen LogP contribution in [0.1, 0.15) is 5.56 Å². The normalized spacial score (nSPS) is 10.5. The molecule has 2 rings (SSSR count). The number of fused-ring (bicyclic) bond motifs is 1. The van der Waals surface area contributed by atoms with E-state index in [1.165, 1.54) is 0 Å². The summed E-state index contributed by atoms with van der Waals surface area (Å²) in [5.74, 6) is 0. The molecule has 0 saturated heterocycles. The molecule has 3 heteroatoms. The second-order valence-electron chi connectivity index (χ2n) is 2.32. The molecule has 0 aliphatic heterocycles. The molecule has 0 aliphatic rings. The van der Waals surface area contributed by atoms with Crippen molar-refractivity contribution in [3.8, 4) is 0 Å². The van der Waals surface area contributed by atoms with Crippen molar-refractivity contribution >= 4 is 11.0 Å². The third-order valence-electron chi connectivity index (χ3n) is 1.43. The minimum atomic E-state index is 0.852. The van der Waals surface area contributed by atoms with Crippen LogP contribution in [0.4, 0.5) is 0 Å². The molecule has 0 aliphatic carbocycles. The van der Waals surface area contributed by atoms with Gasteiger partial charge in [-0.2, -0.15) is 5.10 Å². The highest BCUT2D eigenvalue weighted by molar-refractivity contribution is 5.73. The van der Waals surface area contributed by atoms with Gasteiger partial charge in [-0.1, -0.05) is 0 Å². The summed E-state index contributed by atoms with van der Waals surface area (Å²) >= 11 is 0. The Morgan fingerprint density at radius 1 is 1.40 bits per heavy atom. The Bertz CT molecular complexity index is 350. The number of aryl methyl sites for hydroxylation is 1. The second-order valence-corrected chi connectivity index (χ2v) is 2.32. The predicted octanol–water partition coefficient (Wildman–Crippen LogP) is 1.27. The zero-order valence-corrected chi connectivity index (χ0v) is 5.63. The summed E-state index contributed by atoms with van der Waals surface area (Å²) in [5.41, 5.74) is 2.01. The van der Waals surface area contributed by atoms with Gasteiger partial charge in [0.15, 0.2) is 5.65 Å². The van der Waals surface area contributed by atoms with Gasteiger partial charge in [-0.15, -0.1) is 0 Å². The molecule has 0 radical (unpaired) electrons. The van der Waals surface area contributed by atoms with E-state index in [0.717, 1.165) is 16.6 Å². The number of aromatic amines is 1. The number of nitrogens with zero attached hydrogens (tertiary/aromatic N) is 2. The SMILES string of the molecule is Cc1cnc2[nH]ncc2c1. The largest absolute Gasteiger partial charge is 0.261 e. The van der Waals surface area contributed by atoms with E-state index in [2.05, 4.69) is 15.2 Å². The van der Waals surface area contributed by atoms with Crippen molar-refractivity contribution in [2.75, 3.05) is 0 Å². The predicted molar refractivity (Wildman–Crippen MR) is 38.6 cm³/mol. The van der Waals surface area contributed by atoms with Crippen LogP contribution in [0.15, 0.2) is 18.5 Å². The summed E-state index contributed by atoms with van der Waals surface area (Å²) in [6.07, 6.45) is 3.59. The Labute approximate surface area is 58.1 Å². The van der Waals surface area contributed by atoms with Crippen LogP contribution >= 0.6 is 0 Å². The highest BCUT2D eigenvalue weighted by Crippen LogP contribution is 2.07. The Balaban J connectivity index is 2.86. The summed E-state index contributed by atoms with van der Waals surface area (Å²) in [4.78, 5) is 4.12. The summed E-state index contributed by atoms with van der Waals surface area (Å²) in [6.45, 7) is 2.01. The van der Waals surface area contributed by atoms with Gasteiger partial charge in [-0.3, -0.25) is 5.10 Å². The maximum absolute atomic E-state index is 4.12. The van der Waals surface area contributed by atoms with Crippen molar-refractivity contribution in [2.24, 2.45) is 0 Å². The van der Waals surface area contributed by atoms with Crippen molar-refractivity contribution in [1.82, 2.24) is 15.2 Å². The van der Waals surface area contributed by atoms with Gasteiger partial charge in [0.05, 0.1) is 6.20 Å². The Kier molecular flexibility index (Phi) is 0.974. The van der Waals surface area contributed by atoms with E-state index >= 15 is 0 Å². The number of pyridine rings is 1. The van der Waals surface area contributed by atoms with Gasteiger partial charge in [-0.05, 0) is 18.6 Å². The third-order valence-corrected chi connectivity index (χ3v) is 1.43. The van der Waals surface area contributed by atoms with Crippen LogP contribution < -0.4 is 0 Å². The Morgan fingerprint density at radius 2 is 2.30 bits per heavy atom. The van der Waals surface area contributed by atoms with Gasteiger partial charge in [0, 0.05) is 11.6 Å². The van der Waals surface area contributed by atoms with Gasteiger partial charge >= 0.3 is 0 Å². The number of hydrogen-bond acceptors (Lipinski definition) is 2. The molecule has 2 heterocycles. The number of nitrogens with one attached hydrogen (secondary N) is 1. The average molecular weight is 133 g/mol. The van der Waals surface area contributed by atoms with E-state index in [0.29, 0.717) is 0 Å². The first-order valence-corrected chi connectivity index (χ1v) is 3.12. The monoisotopic (exact) mass is 133 g/mol. The molecule has 10 heavy (non-hydrogen) atoms. The summed E-state index contributed by atoms with van der Waals surface area (Å²) in [6, 6.07) is 2.05. The van der Waals surface area contributed by atoms with Crippen LogP contribution in [0.3, 0.4) is 0 Å². The van der Waals surface area contributed by atoms with Crippen molar-refractivity contribution in [2.45, 2.75) is 6.92 Å². The van der Waals surface area contributed by atoms with E-state index < -0.39 is 0 Å². The van der Waals surface area contributed by atoms with Crippen LogP contribution in [0.25, 0.3) is 11.0 Å². The highest BCUT2D eigenvalue weighted by atomic mass is 15.1. The zero-order valence-electron chi connectivity index (χ0n) is 5.63. The molecule has 3 nitrogen and oxygen atoms in total. The smallest absolute Gasteiger partial charge is 0.155 e. The fourth-order valence-corrected chi connectivity index (χ4v) is 0.947. The molecule has 0 amide bonds. The molecule has 0 saturated carbocycles. The third kappa shape index (κ3) is 0.673. The quantitative estimate of drug-likeness (QED) is 0.588. The maximum atomic E-state index is 4.12. The maximum Gasteiger partial charge on any atom is 0.155 e. The molecule has 0 unspecified atom stereocenters. The minimum Gasteiger partial charge on any atom is -0.261 e. The molecule has 0 bridgehead atoms. The van der Waals surface area contributed by atoms with E-state index in [1.54, 1.807) is 6.20 Å². The van der Waals surface area contributed by atoms with Crippen LogP contribution in [0.2, 0.25) is 0 Å². The highest BCUT2D eigenvalue weighted by Gasteiger charge is 1.93. The Hall–Kier alpha value is -1.38. The van der Waals surface area contributed by atoms with Crippen LogP contribution in [-0.4, -0.2) is 15.2 Å². The molecular weight excluding hydrogens is 126 g/mol. The van der Waals surface area contributed by atoms with Gasteiger partial charge < -0.3 is 0 Å². The van der Waals surface area contributed by atoms with Gasteiger partial charge in [0.2, 0.25) is 0 Å². The molecule has 0 fully saturated rings. The summed E-state index contributed by atoms with van der Waals surface area (Å²) in [5, 5.41) is 7.71. The zero-order chi connectivity index (χ0) is 6.97. The number of rotatable bonds is 0. The molecule has 0 spiro atoms. The lowest BCUT2D eigenvalue weighted by atomic mass is 10.3. The molecule has 0 aromatic carbocycles. The van der Waals surface area contributed by atoms with E-state index in [-0.39, 0.29) is 0 Å². The first-order chi connectivity index (χ1) is 4.86. The molecule has 2 aromatic rings. The van der Waals surface area contributed by atoms with Crippen molar-refractivity contribution in [3.63, 3.8) is 0 Å². The van der Waals surface area contributed by atoms with Crippen LogP contribution in [-0.2, 0) is 0 Å². The van der Waals surface area contributed by atoms with Crippen molar-refractivity contribution in [1.29, 1.82) is 0 Å². The Morgan fingerprint density at radius 3 is 3.20 bits per heavy atom. The van der Waals surface area contributed by atoms with Gasteiger partial charge in [-0.25, -0.2) is 4.98 Å². The topological polar surface area (TPSA) is 41.6 Å². The first-order valence-electron chi connectivity index (χ1n) is 3.12. The van der Waals surface area contributed by atoms with Gasteiger partial charge in [0.25, 0.3) is 0 Å². The van der Waals surface area contributed by atoms with E-state index in [4.69, 9.17) is 0 Å².